The second-order valence-electron chi connectivity index (χ2n) is 5.91. The van der Waals surface area contributed by atoms with Gasteiger partial charge in [-0.1, -0.05) is 6.92 Å². The third-order valence-electron chi connectivity index (χ3n) is 4.03. The summed E-state index contributed by atoms with van der Waals surface area (Å²) in [7, 11) is 0. The lowest BCUT2D eigenvalue weighted by molar-refractivity contribution is -0.147. The van der Waals surface area contributed by atoms with Crippen LogP contribution in [-0.2, 0) is 4.79 Å². The molecule has 1 N–H and O–H groups in total. The number of likely N-dealkylation sites (N-methyl/N-ethyl adjacent to an activating group) is 1. The predicted octanol–water partition coefficient (Wildman–Crippen LogP) is 2.41. The molecule has 1 fully saturated rings. The van der Waals surface area contributed by atoms with Gasteiger partial charge >= 0.3 is 12.0 Å². The van der Waals surface area contributed by atoms with Crippen LogP contribution in [0, 0.1) is 5.92 Å². The Bertz CT molecular complexity index is 342. The molecule has 0 aromatic heterocycles. The molecule has 1 aliphatic rings. The molecule has 1 rings (SSSR count). The molecule has 1 heterocycles. The van der Waals surface area contributed by atoms with Gasteiger partial charge < -0.3 is 14.9 Å². The number of amides is 2. The first kappa shape index (κ1) is 15.8. The van der Waals surface area contributed by atoms with Crippen LogP contribution >= 0.6 is 0 Å². The van der Waals surface area contributed by atoms with Gasteiger partial charge in [0.25, 0.3) is 0 Å². The Labute approximate surface area is 115 Å². The SMILES string of the molecule is CCN(C(=O)N1CCCC(C)CC1)C(C)(C)C(=O)O. The zero-order valence-electron chi connectivity index (χ0n) is 12.5. The largest absolute Gasteiger partial charge is 0.480 e. The van der Waals surface area contributed by atoms with Crippen molar-refractivity contribution < 1.29 is 14.7 Å². The molecule has 1 aliphatic heterocycles. The Morgan fingerprint density at radius 1 is 1.32 bits per heavy atom. The predicted molar refractivity (Wildman–Crippen MR) is 74.1 cm³/mol. The van der Waals surface area contributed by atoms with Crippen LogP contribution in [0.3, 0.4) is 0 Å². The van der Waals surface area contributed by atoms with Crippen LogP contribution in [-0.4, -0.2) is 52.1 Å². The van der Waals surface area contributed by atoms with E-state index in [4.69, 9.17) is 0 Å². The molecular formula is C14H26N2O3. The quantitative estimate of drug-likeness (QED) is 0.856. The summed E-state index contributed by atoms with van der Waals surface area (Å²) in [6.45, 7) is 9.05. The van der Waals surface area contributed by atoms with Crippen molar-refractivity contribution in [3.63, 3.8) is 0 Å². The Morgan fingerprint density at radius 2 is 1.95 bits per heavy atom. The Morgan fingerprint density at radius 3 is 2.47 bits per heavy atom. The first-order valence-corrected chi connectivity index (χ1v) is 7.10. The van der Waals surface area contributed by atoms with E-state index in [9.17, 15) is 14.7 Å². The van der Waals surface area contributed by atoms with E-state index in [1.165, 1.54) is 4.90 Å². The third-order valence-corrected chi connectivity index (χ3v) is 4.03. The van der Waals surface area contributed by atoms with E-state index in [1.54, 1.807) is 18.7 Å². The number of aliphatic carboxylic acids is 1. The number of hydrogen-bond acceptors (Lipinski definition) is 2. The van der Waals surface area contributed by atoms with Gasteiger partial charge in [0.1, 0.15) is 5.54 Å². The number of likely N-dealkylation sites (tertiary alicyclic amines) is 1. The van der Waals surface area contributed by atoms with E-state index in [1.807, 2.05) is 6.92 Å². The first-order chi connectivity index (χ1) is 8.80. The minimum Gasteiger partial charge on any atom is -0.480 e. The van der Waals surface area contributed by atoms with Crippen LogP contribution < -0.4 is 0 Å². The average Bonchev–Trinajstić information content (AvgIpc) is 2.54. The third kappa shape index (κ3) is 3.61. The summed E-state index contributed by atoms with van der Waals surface area (Å²) in [5.41, 5.74) is -1.16. The second kappa shape index (κ2) is 6.26. The molecule has 0 saturated carbocycles. The zero-order valence-corrected chi connectivity index (χ0v) is 12.5. The lowest BCUT2D eigenvalue weighted by Crippen LogP contribution is -2.57. The van der Waals surface area contributed by atoms with Crippen molar-refractivity contribution >= 4 is 12.0 Å². The van der Waals surface area contributed by atoms with Crippen LogP contribution in [0.4, 0.5) is 4.79 Å². The minimum atomic E-state index is -1.16. The Kier molecular flexibility index (Phi) is 5.20. The monoisotopic (exact) mass is 270 g/mol. The highest BCUT2D eigenvalue weighted by Gasteiger charge is 2.38. The summed E-state index contributed by atoms with van der Waals surface area (Å²) in [5.74, 6) is -0.328. The van der Waals surface area contributed by atoms with Crippen LogP contribution in [0.2, 0.25) is 0 Å². The molecule has 1 atom stereocenters. The Balaban J connectivity index is 2.81. The highest BCUT2D eigenvalue weighted by atomic mass is 16.4. The maximum absolute atomic E-state index is 12.5. The molecule has 1 unspecified atom stereocenters. The van der Waals surface area contributed by atoms with Gasteiger partial charge in [0.05, 0.1) is 0 Å². The summed E-state index contributed by atoms with van der Waals surface area (Å²) in [6, 6.07) is -0.149. The highest BCUT2D eigenvalue weighted by Crippen LogP contribution is 2.21. The van der Waals surface area contributed by atoms with E-state index >= 15 is 0 Å². The van der Waals surface area contributed by atoms with Gasteiger partial charge in [0, 0.05) is 19.6 Å². The smallest absolute Gasteiger partial charge is 0.329 e. The van der Waals surface area contributed by atoms with Crippen molar-refractivity contribution in [2.24, 2.45) is 5.92 Å². The number of carbonyl (C=O) groups excluding carboxylic acids is 1. The highest BCUT2D eigenvalue weighted by molar-refractivity contribution is 5.85. The zero-order chi connectivity index (χ0) is 14.6. The lowest BCUT2D eigenvalue weighted by atomic mass is 10.0. The number of carbonyl (C=O) groups is 2. The summed E-state index contributed by atoms with van der Waals surface area (Å²) in [5, 5.41) is 9.28. The van der Waals surface area contributed by atoms with E-state index in [0.29, 0.717) is 12.5 Å². The van der Waals surface area contributed by atoms with E-state index in [2.05, 4.69) is 6.92 Å². The molecule has 5 heteroatoms. The normalized spacial score (nSPS) is 20.8. The molecule has 0 bridgehead atoms. The molecule has 2 amide bonds. The van der Waals surface area contributed by atoms with Crippen molar-refractivity contribution in [1.29, 1.82) is 0 Å². The molecule has 1 saturated heterocycles. The van der Waals surface area contributed by atoms with Gasteiger partial charge in [-0.05, 0) is 46.0 Å². The van der Waals surface area contributed by atoms with Crippen LogP contribution in [0.15, 0.2) is 0 Å². The van der Waals surface area contributed by atoms with Crippen molar-refractivity contribution in [3.05, 3.63) is 0 Å². The number of carboxylic acid groups (broad SMARTS) is 1. The molecule has 19 heavy (non-hydrogen) atoms. The molecule has 110 valence electrons. The molecular weight excluding hydrogens is 244 g/mol. The molecule has 0 spiro atoms. The topological polar surface area (TPSA) is 60.9 Å². The van der Waals surface area contributed by atoms with Crippen molar-refractivity contribution in [1.82, 2.24) is 9.80 Å². The van der Waals surface area contributed by atoms with Gasteiger partial charge in [-0.3, -0.25) is 0 Å². The number of rotatable bonds is 3. The maximum Gasteiger partial charge on any atom is 0.329 e. The van der Waals surface area contributed by atoms with Gasteiger partial charge in [0.2, 0.25) is 0 Å². The van der Waals surface area contributed by atoms with Crippen LogP contribution in [0.5, 0.6) is 0 Å². The molecule has 5 nitrogen and oxygen atoms in total. The van der Waals surface area contributed by atoms with Gasteiger partial charge in [-0.25, -0.2) is 9.59 Å². The molecule has 0 aliphatic carbocycles. The fourth-order valence-corrected chi connectivity index (χ4v) is 2.51. The van der Waals surface area contributed by atoms with Crippen molar-refractivity contribution in [2.45, 2.75) is 52.5 Å². The maximum atomic E-state index is 12.5. The van der Waals surface area contributed by atoms with E-state index < -0.39 is 11.5 Å². The molecule has 0 aromatic carbocycles. The van der Waals surface area contributed by atoms with E-state index in [0.717, 1.165) is 32.4 Å². The molecule has 0 aromatic rings. The van der Waals surface area contributed by atoms with Crippen molar-refractivity contribution in [3.8, 4) is 0 Å². The summed E-state index contributed by atoms with van der Waals surface area (Å²) < 4.78 is 0. The number of hydrogen-bond donors (Lipinski definition) is 1. The number of nitrogens with zero attached hydrogens (tertiary/aromatic N) is 2. The summed E-state index contributed by atoms with van der Waals surface area (Å²) in [6.07, 6.45) is 3.13. The number of urea groups is 1. The minimum absolute atomic E-state index is 0.149. The average molecular weight is 270 g/mol. The summed E-state index contributed by atoms with van der Waals surface area (Å²) >= 11 is 0. The van der Waals surface area contributed by atoms with Crippen LogP contribution in [0.25, 0.3) is 0 Å². The summed E-state index contributed by atoms with van der Waals surface area (Å²) in [4.78, 5) is 27.1. The van der Waals surface area contributed by atoms with E-state index in [-0.39, 0.29) is 6.03 Å². The van der Waals surface area contributed by atoms with Gasteiger partial charge in [-0.15, -0.1) is 0 Å². The number of carboxylic acids is 1. The standard InChI is InChI=1S/C14H26N2O3/c1-5-16(14(3,4)12(17)18)13(19)15-9-6-7-11(2)8-10-15/h11H,5-10H2,1-4H3,(H,17,18). The van der Waals surface area contributed by atoms with Gasteiger partial charge in [-0.2, -0.15) is 0 Å². The Hall–Kier alpha value is -1.26. The fraction of sp³-hybridized carbons (Fsp3) is 0.857. The first-order valence-electron chi connectivity index (χ1n) is 7.10. The van der Waals surface area contributed by atoms with Crippen molar-refractivity contribution in [2.75, 3.05) is 19.6 Å². The molecule has 0 radical (unpaired) electrons. The second-order valence-corrected chi connectivity index (χ2v) is 5.91. The van der Waals surface area contributed by atoms with Crippen LogP contribution in [0.1, 0.15) is 47.0 Å². The fourth-order valence-electron chi connectivity index (χ4n) is 2.51. The van der Waals surface area contributed by atoms with Gasteiger partial charge in [0.15, 0.2) is 0 Å². The lowest BCUT2D eigenvalue weighted by Gasteiger charge is -2.37.